The maximum Gasteiger partial charge on any atom is 0.310 e. The van der Waals surface area contributed by atoms with Crippen LogP contribution in [0.25, 0.3) is 0 Å². The molecule has 0 aromatic heterocycles. The Bertz CT molecular complexity index is 1110. The molecule has 37 heavy (non-hydrogen) atoms. The van der Waals surface area contributed by atoms with E-state index in [1.165, 1.54) is 0 Å². The fourth-order valence-corrected chi connectivity index (χ4v) is 8.44. The summed E-state index contributed by atoms with van der Waals surface area (Å²) < 4.78 is 25.0. The number of fused-ring (bicyclic) bond motifs is 1. The van der Waals surface area contributed by atoms with Gasteiger partial charge >= 0.3 is 17.9 Å². The Hall–Kier alpha value is -0.590. The van der Waals surface area contributed by atoms with Crippen molar-refractivity contribution in [2.45, 2.75) is 31.5 Å². The van der Waals surface area contributed by atoms with Gasteiger partial charge in [0, 0.05) is 54.2 Å². The van der Waals surface area contributed by atoms with Crippen LogP contribution in [0.3, 0.4) is 0 Å². The number of carbonyl (C=O) groups excluding carboxylic acids is 4. The molecule has 0 spiro atoms. The van der Waals surface area contributed by atoms with Crippen LogP contribution in [0.4, 0.5) is 0 Å². The lowest BCUT2D eigenvalue weighted by atomic mass is 9.78. The quantitative estimate of drug-likeness (QED) is 0.122. The lowest BCUT2D eigenvalue weighted by Gasteiger charge is -2.30. The van der Waals surface area contributed by atoms with E-state index in [1.54, 1.807) is 0 Å². The van der Waals surface area contributed by atoms with Crippen LogP contribution < -0.4 is 0 Å². The predicted octanol–water partition coefficient (Wildman–Crippen LogP) is 3.06. The SMILES string of the molecule is O=C(CCC(=O)c1cc(I)cc(I)c1I)OC1C2CC3C1OC(=O)C3C2C(=O)OCCN1CCOCC1. The van der Waals surface area contributed by atoms with E-state index in [0.29, 0.717) is 31.7 Å². The highest BCUT2D eigenvalue weighted by molar-refractivity contribution is 14.1. The number of nitrogens with zero attached hydrogens (tertiary/aromatic N) is 1. The zero-order valence-corrected chi connectivity index (χ0v) is 26.3. The van der Waals surface area contributed by atoms with Gasteiger partial charge in [-0.3, -0.25) is 24.1 Å². The van der Waals surface area contributed by atoms with Gasteiger partial charge < -0.3 is 18.9 Å². The standard InChI is InChI=1S/C25H26I3NO8/c26-12-9-13(21(28)16(27)10-12)17(30)1-2-18(31)36-22-14-11-15-20(25(33)37-23(15)22)19(14)24(32)35-8-5-29-3-6-34-7-4-29/h9-10,14-15,19-20,22-23H,1-8,11H2. The van der Waals surface area contributed by atoms with Crippen molar-refractivity contribution >= 4 is 91.5 Å². The number of morpholine rings is 1. The smallest absolute Gasteiger partial charge is 0.310 e. The molecule has 1 aromatic rings. The molecule has 2 aliphatic carbocycles. The Labute approximate surface area is 255 Å². The highest BCUT2D eigenvalue weighted by atomic mass is 127. The lowest BCUT2D eigenvalue weighted by molar-refractivity contribution is -0.166. The van der Waals surface area contributed by atoms with Gasteiger partial charge in [-0.2, -0.15) is 0 Å². The third kappa shape index (κ3) is 5.82. The van der Waals surface area contributed by atoms with Gasteiger partial charge in [-0.05, 0) is 86.3 Å². The predicted molar refractivity (Wildman–Crippen MR) is 155 cm³/mol. The number of rotatable bonds is 9. The monoisotopic (exact) mass is 849 g/mol. The molecule has 2 saturated carbocycles. The van der Waals surface area contributed by atoms with Crippen molar-refractivity contribution in [3.63, 3.8) is 0 Å². The van der Waals surface area contributed by atoms with Crippen molar-refractivity contribution in [3.8, 4) is 0 Å². The third-order valence-electron chi connectivity index (χ3n) is 7.69. The summed E-state index contributed by atoms with van der Waals surface area (Å²) in [6, 6.07) is 3.81. The van der Waals surface area contributed by atoms with Gasteiger partial charge in [0.2, 0.25) is 0 Å². The Balaban J connectivity index is 1.17. The van der Waals surface area contributed by atoms with E-state index in [0.717, 1.165) is 23.8 Å². The molecular weight excluding hydrogens is 823 g/mol. The number of carbonyl (C=O) groups is 4. The molecule has 6 unspecified atom stereocenters. The Morgan fingerprint density at radius 1 is 1.05 bits per heavy atom. The van der Waals surface area contributed by atoms with E-state index in [4.69, 9.17) is 18.9 Å². The molecule has 200 valence electrons. The fourth-order valence-electron chi connectivity index (χ4n) is 5.98. The molecule has 2 saturated heterocycles. The number of esters is 3. The molecule has 2 aliphatic heterocycles. The fraction of sp³-hybridized carbons (Fsp3) is 0.600. The highest BCUT2D eigenvalue weighted by Gasteiger charge is 2.70. The summed E-state index contributed by atoms with van der Waals surface area (Å²) in [5, 5.41) is 0. The first-order chi connectivity index (χ1) is 17.7. The van der Waals surface area contributed by atoms with E-state index in [-0.39, 0.29) is 37.1 Å². The van der Waals surface area contributed by atoms with Gasteiger partial charge in [0.05, 0.1) is 31.5 Å². The molecule has 9 nitrogen and oxygen atoms in total. The topological polar surface area (TPSA) is 108 Å². The van der Waals surface area contributed by atoms with Crippen molar-refractivity contribution < 1.29 is 38.1 Å². The molecular formula is C25H26I3NO8. The number of hydrogen-bond donors (Lipinski definition) is 0. The van der Waals surface area contributed by atoms with Crippen LogP contribution in [0.2, 0.25) is 0 Å². The summed E-state index contributed by atoms with van der Waals surface area (Å²) >= 11 is 6.50. The number of ether oxygens (including phenoxy) is 4. The zero-order chi connectivity index (χ0) is 26.3. The second kappa shape index (κ2) is 11.9. The molecule has 12 heteroatoms. The maximum atomic E-state index is 13.0. The second-order valence-corrected chi connectivity index (χ2v) is 13.3. The minimum Gasteiger partial charge on any atom is -0.464 e. The highest BCUT2D eigenvalue weighted by Crippen LogP contribution is 2.59. The molecule has 2 bridgehead atoms. The third-order valence-corrected chi connectivity index (χ3v) is 11.4. The Morgan fingerprint density at radius 3 is 2.57 bits per heavy atom. The number of hydrogen-bond acceptors (Lipinski definition) is 9. The van der Waals surface area contributed by atoms with Crippen LogP contribution in [0.1, 0.15) is 29.6 Å². The maximum absolute atomic E-state index is 13.0. The van der Waals surface area contributed by atoms with Gasteiger partial charge in [0.1, 0.15) is 18.8 Å². The summed E-state index contributed by atoms with van der Waals surface area (Å²) in [5.41, 5.74) is 0.595. The molecule has 6 atom stereocenters. The average molecular weight is 849 g/mol. The molecule has 0 amide bonds. The molecule has 0 radical (unpaired) electrons. The van der Waals surface area contributed by atoms with E-state index in [1.807, 2.05) is 12.1 Å². The van der Waals surface area contributed by atoms with Crippen LogP contribution in [-0.2, 0) is 33.3 Å². The van der Waals surface area contributed by atoms with E-state index >= 15 is 0 Å². The average Bonchev–Trinajstić information content (AvgIpc) is 3.49. The van der Waals surface area contributed by atoms with Crippen molar-refractivity contribution in [2.75, 3.05) is 39.5 Å². The number of halogens is 3. The molecule has 0 N–H and O–H groups in total. The van der Waals surface area contributed by atoms with Crippen LogP contribution >= 0.6 is 67.8 Å². The van der Waals surface area contributed by atoms with Crippen LogP contribution in [0.15, 0.2) is 12.1 Å². The minimum atomic E-state index is -0.689. The molecule has 2 heterocycles. The van der Waals surface area contributed by atoms with Gasteiger partial charge in [-0.25, -0.2) is 0 Å². The second-order valence-electron chi connectivity index (χ2n) is 9.76. The van der Waals surface area contributed by atoms with Crippen LogP contribution in [-0.4, -0.2) is 80.3 Å². The lowest BCUT2D eigenvalue weighted by Crippen LogP contribution is -2.44. The Kier molecular flexibility index (Phi) is 8.98. The minimum absolute atomic E-state index is 0.0198. The zero-order valence-electron chi connectivity index (χ0n) is 19.8. The first kappa shape index (κ1) is 28.0. The van der Waals surface area contributed by atoms with Gasteiger partial charge in [0.25, 0.3) is 0 Å². The normalized spacial score (nSPS) is 30.3. The first-order valence-electron chi connectivity index (χ1n) is 12.3. The van der Waals surface area contributed by atoms with Gasteiger partial charge in [0.15, 0.2) is 5.78 Å². The van der Waals surface area contributed by atoms with Gasteiger partial charge in [-0.1, -0.05) is 0 Å². The summed E-state index contributed by atoms with van der Waals surface area (Å²) in [6.45, 7) is 3.77. The summed E-state index contributed by atoms with van der Waals surface area (Å²) in [4.78, 5) is 53.4. The van der Waals surface area contributed by atoms with Crippen molar-refractivity contribution in [3.05, 3.63) is 28.4 Å². The van der Waals surface area contributed by atoms with Crippen LogP contribution in [0, 0.1) is 34.4 Å². The number of ketones is 1. The largest absolute Gasteiger partial charge is 0.464 e. The molecule has 5 rings (SSSR count). The van der Waals surface area contributed by atoms with Crippen molar-refractivity contribution in [1.82, 2.24) is 4.90 Å². The Morgan fingerprint density at radius 2 is 1.81 bits per heavy atom. The molecule has 4 aliphatic rings. The van der Waals surface area contributed by atoms with Gasteiger partial charge in [-0.15, -0.1) is 0 Å². The van der Waals surface area contributed by atoms with E-state index in [9.17, 15) is 19.2 Å². The van der Waals surface area contributed by atoms with E-state index in [2.05, 4.69) is 72.7 Å². The number of benzene rings is 1. The molecule has 4 fully saturated rings. The summed E-state index contributed by atoms with van der Waals surface area (Å²) in [7, 11) is 0. The van der Waals surface area contributed by atoms with Crippen molar-refractivity contribution in [1.29, 1.82) is 0 Å². The number of Topliss-reactive ketones (excluding diaryl/α,β-unsaturated/α-hetero) is 1. The molecule has 1 aromatic carbocycles. The first-order valence-corrected chi connectivity index (χ1v) is 15.5. The summed E-state index contributed by atoms with van der Waals surface area (Å²) in [5.74, 6) is -3.17. The van der Waals surface area contributed by atoms with E-state index < -0.39 is 42.0 Å². The van der Waals surface area contributed by atoms with Crippen molar-refractivity contribution in [2.24, 2.45) is 23.7 Å². The van der Waals surface area contributed by atoms with Crippen LogP contribution in [0.5, 0.6) is 0 Å². The summed E-state index contributed by atoms with van der Waals surface area (Å²) in [6.07, 6.45) is -0.695.